The molecule has 0 amide bonds. The highest BCUT2D eigenvalue weighted by atomic mass is 19.4. The molecule has 0 bridgehead atoms. The molecule has 1 aromatic carbocycles. The lowest BCUT2D eigenvalue weighted by atomic mass is 9.88. The van der Waals surface area contributed by atoms with Crippen LogP contribution in [0.15, 0.2) is 35.9 Å². The van der Waals surface area contributed by atoms with Crippen LogP contribution < -0.4 is 10.6 Å². The van der Waals surface area contributed by atoms with Gasteiger partial charge in [-0.15, -0.1) is 0 Å². The topological polar surface area (TPSA) is 145 Å². The first-order valence-electron chi connectivity index (χ1n) is 13.9. The van der Waals surface area contributed by atoms with Crippen LogP contribution in [0.3, 0.4) is 0 Å². The highest BCUT2D eigenvalue weighted by Crippen LogP contribution is 2.41. The first kappa shape index (κ1) is 38.9. The zero-order valence-corrected chi connectivity index (χ0v) is 24.7. The van der Waals surface area contributed by atoms with E-state index in [1.807, 2.05) is 0 Å². The van der Waals surface area contributed by atoms with Crippen molar-refractivity contribution in [1.82, 2.24) is 10.6 Å². The number of methoxy groups -OCH3 is 1. The molecule has 2 aliphatic rings. The van der Waals surface area contributed by atoms with E-state index >= 15 is 0 Å². The Bertz CT molecular complexity index is 1060. The first-order chi connectivity index (χ1) is 20.3. The van der Waals surface area contributed by atoms with Crippen molar-refractivity contribution in [3.63, 3.8) is 0 Å². The average Bonchev–Trinajstić information content (AvgIpc) is 3.69. The van der Waals surface area contributed by atoms with E-state index < -0.39 is 35.7 Å². The van der Waals surface area contributed by atoms with Crippen LogP contribution in [0.5, 0.6) is 0 Å². The number of halogens is 6. The smallest absolute Gasteiger partial charge is 0.481 e. The van der Waals surface area contributed by atoms with Gasteiger partial charge in [-0.25, -0.2) is 9.59 Å². The molecule has 2 aliphatic carbocycles. The minimum Gasteiger partial charge on any atom is -0.481 e. The Kier molecular flexibility index (Phi) is 15.3. The molecular formula is C29H40F6N2O7. The number of hydrogen-bond acceptors (Lipinski definition) is 6. The van der Waals surface area contributed by atoms with Gasteiger partial charge in [0.2, 0.25) is 0 Å². The molecule has 0 aliphatic heterocycles. The maximum absolute atomic E-state index is 11.3. The summed E-state index contributed by atoms with van der Waals surface area (Å²) in [6, 6.07) is 12.2. The molecule has 3 rings (SSSR count). The van der Waals surface area contributed by atoms with Crippen molar-refractivity contribution in [2.45, 2.75) is 82.9 Å². The molecule has 250 valence electrons. The lowest BCUT2D eigenvalue weighted by Crippen LogP contribution is -2.45. The second-order valence-corrected chi connectivity index (χ2v) is 11.2. The van der Waals surface area contributed by atoms with Crippen molar-refractivity contribution in [1.29, 1.82) is 0 Å². The molecule has 0 spiro atoms. The molecular weight excluding hydrogens is 602 g/mol. The van der Waals surface area contributed by atoms with Gasteiger partial charge in [0.15, 0.2) is 0 Å². The van der Waals surface area contributed by atoms with Crippen molar-refractivity contribution in [2.24, 2.45) is 11.3 Å². The molecule has 2 saturated carbocycles. The van der Waals surface area contributed by atoms with Crippen molar-refractivity contribution < 1.29 is 60.8 Å². The van der Waals surface area contributed by atoms with Gasteiger partial charge in [-0.3, -0.25) is 4.79 Å². The summed E-state index contributed by atoms with van der Waals surface area (Å²) in [6.45, 7) is 4.87. The van der Waals surface area contributed by atoms with Crippen LogP contribution >= 0.6 is 0 Å². The third-order valence-electron chi connectivity index (χ3n) is 7.09. The van der Waals surface area contributed by atoms with Crippen LogP contribution in [0.2, 0.25) is 0 Å². The minimum atomic E-state index is -5.08. The van der Waals surface area contributed by atoms with Crippen LogP contribution in [-0.2, 0) is 19.1 Å². The lowest BCUT2D eigenvalue weighted by molar-refractivity contribution is -0.193. The van der Waals surface area contributed by atoms with Gasteiger partial charge in [-0.2, -0.15) is 26.3 Å². The predicted molar refractivity (Wildman–Crippen MR) is 149 cm³/mol. The Hall–Kier alpha value is -3.17. The normalized spacial score (nSPS) is 22.1. The maximum Gasteiger partial charge on any atom is 0.490 e. The number of carboxylic acids is 3. The summed E-state index contributed by atoms with van der Waals surface area (Å²) in [6.07, 6.45) is -1.08. The van der Waals surface area contributed by atoms with Crippen LogP contribution in [0.1, 0.15) is 57.9 Å². The Labute approximate surface area is 251 Å². The predicted octanol–water partition coefficient (Wildman–Crippen LogP) is 5.36. The molecule has 0 unspecified atom stereocenters. The Balaban J connectivity index is 0.000000574. The fourth-order valence-electron chi connectivity index (χ4n) is 4.38. The number of nitrogens with one attached hydrogen (secondary N) is 2. The minimum absolute atomic E-state index is 0.437. The molecule has 0 aromatic heterocycles. The number of aliphatic carboxylic acids is 3. The van der Waals surface area contributed by atoms with Crippen LogP contribution in [-0.4, -0.2) is 84.0 Å². The number of rotatable bonds is 11. The van der Waals surface area contributed by atoms with Gasteiger partial charge in [0, 0.05) is 38.4 Å². The third-order valence-corrected chi connectivity index (χ3v) is 7.09. The summed E-state index contributed by atoms with van der Waals surface area (Å²) in [5.74, 6) is -5.63. The highest BCUT2D eigenvalue weighted by Gasteiger charge is 2.41. The Morgan fingerprint density at radius 3 is 1.77 bits per heavy atom. The second-order valence-electron chi connectivity index (χ2n) is 11.2. The van der Waals surface area contributed by atoms with E-state index in [-0.39, 0.29) is 0 Å². The summed E-state index contributed by atoms with van der Waals surface area (Å²) < 4.78 is 68.8. The highest BCUT2D eigenvalue weighted by molar-refractivity contribution is 5.74. The molecule has 0 radical (unpaired) electrons. The van der Waals surface area contributed by atoms with Crippen LogP contribution in [0.25, 0.3) is 6.08 Å². The quantitative estimate of drug-likeness (QED) is 0.201. The summed E-state index contributed by atoms with van der Waals surface area (Å²) in [5, 5.41) is 30.9. The van der Waals surface area contributed by atoms with E-state index in [0.717, 1.165) is 38.7 Å². The monoisotopic (exact) mass is 642 g/mol. The van der Waals surface area contributed by atoms with E-state index in [1.54, 1.807) is 21.0 Å². The van der Waals surface area contributed by atoms with Gasteiger partial charge in [-0.1, -0.05) is 42.0 Å². The molecule has 2 fully saturated rings. The zero-order chi connectivity index (χ0) is 33.7. The third kappa shape index (κ3) is 15.0. The number of carbonyl (C=O) groups is 3. The standard InChI is InChI=1S/C25H38N2O3.2C2HF3O2/c1-25(2,24(28)29)17-26-20-9-11-21(12-10-20)27-23-16-22(23)19(13-14-30-3)15-18-7-5-4-6-8-18;2*3-2(4,5)1(6)7/h4-8,15,20-23,26-27H,9-14,16-17H2,1-3H3,(H,28,29);2*(H,6,7)/t20-,21-,22-,23+;;/m0../s1. The van der Waals surface area contributed by atoms with E-state index in [1.165, 1.54) is 17.6 Å². The molecule has 15 heteroatoms. The number of ether oxygens (including phenoxy) is 1. The van der Waals surface area contributed by atoms with Crippen LogP contribution in [0, 0.1) is 11.3 Å². The average molecular weight is 643 g/mol. The molecule has 2 atom stereocenters. The number of carboxylic acid groups (broad SMARTS) is 3. The summed E-state index contributed by atoms with van der Waals surface area (Å²) in [5.41, 5.74) is 2.05. The Morgan fingerprint density at radius 2 is 1.34 bits per heavy atom. The second kappa shape index (κ2) is 17.4. The van der Waals surface area contributed by atoms with Crippen molar-refractivity contribution >= 4 is 24.0 Å². The molecule has 44 heavy (non-hydrogen) atoms. The summed E-state index contributed by atoms with van der Waals surface area (Å²) in [7, 11) is 1.77. The van der Waals surface area contributed by atoms with Gasteiger partial charge in [0.1, 0.15) is 0 Å². The van der Waals surface area contributed by atoms with Crippen molar-refractivity contribution in [2.75, 3.05) is 20.3 Å². The maximum atomic E-state index is 11.3. The van der Waals surface area contributed by atoms with Gasteiger partial charge in [-0.05, 0) is 63.9 Å². The molecule has 0 saturated heterocycles. The molecule has 1 aromatic rings. The van der Waals surface area contributed by atoms with E-state index in [4.69, 9.17) is 24.5 Å². The lowest BCUT2D eigenvalue weighted by Gasteiger charge is -2.32. The molecule has 9 nitrogen and oxygen atoms in total. The van der Waals surface area contributed by atoms with E-state index in [9.17, 15) is 36.2 Å². The zero-order valence-electron chi connectivity index (χ0n) is 24.7. The van der Waals surface area contributed by atoms with Gasteiger partial charge in [0.05, 0.1) is 5.41 Å². The van der Waals surface area contributed by atoms with E-state index in [2.05, 4.69) is 47.0 Å². The number of benzene rings is 1. The summed E-state index contributed by atoms with van der Waals surface area (Å²) in [4.78, 5) is 29.1. The fourth-order valence-corrected chi connectivity index (χ4v) is 4.38. The number of alkyl halides is 6. The molecule has 0 heterocycles. The Morgan fingerprint density at radius 1 is 0.864 bits per heavy atom. The SMILES string of the molecule is COCCC(=Cc1ccccc1)[C@@H]1C[C@H]1N[C@H]1CC[C@H](NCC(C)(C)C(=O)O)CC1.O=C(O)C(F)(F)F.O=C(O)C(F)(F)F. The van der Waals surface area contributed by atoms with Gasteiger partial charge >= 0.3 is 30.3 Å². The number of hydrogen-bond donors (Lipinski definition) is 5. The van der Waals surface area contributed by atoms with Gasteiger partial charge in [0.25, 0.3) is 0 Å². The van der Waals surface area contributed by atoms with Crippen molar-refractivity contribution in [3.8, 4) is 0 Å². The molecule has 5 N–H and O–H groups in total. The van der Waals surface area contributed by atoms with Crippen molar-refractivity contribution in [3.05, 3.63) is 41.5 Å². The first-order valence-corrected chi connectivity index (χ1v) is 13.9. The largest absolute Gasteiger partial charge is 0.490 e. The fraction of sp³-hybridized carbons (Fsp3) is 0.621. The van der Waals surface area contributed by atoms with E-state index in [0.29, 0.717) is 30.6 Å². The van der Waals surface area contributed by atoms with Gasteiger partial charge < -0.3 is 30.7 Å². The van der Waals surface area contributed by atoms with Crippen LogP contribution in [0.4, 0.5) is 26.3 Å². The summed E-state index contributed by atoms with van der Waals surface area (Å²) >= 11 is 0.